The quantitative estimate of drug-likeness (QED) is 0.565. The van der Waals surface area contributed by atoms with Crippen molar-refractivity contribution in [1.29, 1.82) is 0 Å². The number of carbonyl (C=O) groups is 4. The highest BCUT2D eigenvalue weighted by Gasteiger charge is 2.39. The molecule has 158 valence electrons. The average molecular weight is 403 g/mol. The van der Waals surface area contributed by atoms with Crippen molar-refractivity contribution < 1.29 is 23.9 Å². The van der Waals surface area contributed by atoms with E-state index in [4.69, 9.17) is 10.5 Å². The van der Waals surface area contributed by atoms with Crippen molar-refractivity contribution in [2.24, 2.45) is 11.1 Å². The summed E-state index contributed by atoms with van der Waals surface area (Å²) in [5, 5.41) is 5.42. The van der Waals surface area contributed by atoms with Crippen LogP contribution in [0.2, 0.25) is 0 Å². The van der Waals surface area contributed by atoms with Gasteiger partial charge in [0.25, 0.3) is 5.91 Å². The molecule has 1 aromatic rings. The van der Waals surface area contributed by atoms with Crippen molar-refractivity contribution in [3.05, 3.63) is 35.9 Å². The maximum absolute atomic E-state index is 13.0. The van der Waals surface area contributed by atoms with Crippen LogP contribution in [0.1, 0.15) is 50.4 Å². The smallest absolute Gasteiger partial charge is 0.251 e. The highest BCUT2D eigenvalue weighted by molar-refractivity contribution is 5.99. The second kappa shape index (κ2) is 9.65. The van der Waals surface area contributed by atoms with Gasteiger partial charge in [0, 0.05) is 5.56 Å². The number of amides is 3. The lowest BCUT2D eigenvalue weighted by atomic mass is 9.83. The Kier molecular flexibility index (Phi) is 7.50. The van der Waals surface area contributed by atoms with Crippen LogP contribution < -0.4 is 16.4 Å². The number of benzene rings is 1. The minimum Gasteiger partial charge on any atom is -0.370 e. The summed E-state index contributed by atoms with van der Waals surface area (Å²) in [7, 11) is 0. The fourth-order valence-corrected chi connectivity index (χ4v) is 3.12. The van der Waals surface area contributed by atoms with Gasteiger partial charge in [-0.1, -0.05) is 45.4 Å². The van der Waals surface area contributed by atoms with Crippen molar-refractivity contribution in [3.8, 4) is 0 Å². The second-order valence-electron chi connectivity index (χ2n) is 8.09. The van der Waals surface area contributed by atoms with Crippen molar-refractivity contribution in [1.82, 2.24) is 10.6 Å². The molecule has 1 heterocycles. The van der Waals surface area contributed by atoms with E-state index in [9.17, 15) is 19.2 Å². The molecule has 1 saturated heterocycles. The third-order valence-corrected chi connectivity index (χ3v) is 5.23. The third kappa shape index (κ3) is 6.39. The van der Waals surface area contributed by atoms with E-state index in [-0.39, 0.29) is 30.1 Å². The van der Waals surface area contributed by atoms with E-state index in [1.54, 1.807) is 30.3 Å². The molecule has 0 aliphatic carbocycles. The summed E-state index contributed by atoms with van der Waals surface area (Å²) in [5.41, 5.74) is 5.43. The second-order valence-corrected chi connectivity index (χ2v) is 8.09. The Labute approximate surface area is 170 Å². The van der Waals surface area contributed by atoms with Gasteiger partial charge in [-0.25, -0.2) is 0 Å². The standard InChI is InChI=1S/C21H29N3O5/c1-4-21(2,3)11-14(23-19(27)13-8-6-5-7-9-13)20(28)24-18-15(25)12-29-16(18)10-17(22)26/h5-9,14,16,18H,4,10-12H2,1-3H3,(H2,22,26)(H,23,27)(H,24,28)/t14-,16?,18?/m0/s1. The fourth-order valence-electron chi connectivity index (χ4n) is 3.12. The lowest BCUT2D eigenvalue weighted by Gasteiger charge is -2.29. The Morgan fingerprint density at radius 1 is 1.24 bits per heavy atom. The number of Topliss-reactive ketones (excluding diaryl/α,β-unsaturated/α-hetero) is 1. The maximum atomic E-state index is 13.0. The first-order valence-electron chi connectivity index (χ1n) is 9.72. The number of carbonyl (C=O) groups excluding carboxylic acids is 4. The van der Waals surface area contributed by atoms with Crippen molar-refractivity contribution in [2.45, 2.75) is 58.2 Å². The molecule has 0 aromatic heterocycles. The van der Waals surface area contributed by atoms with Gasteiger partial charge in [-0.15, -0.1) is 0 Å². The van der Waals surface area contributed by atoms with Crippen LogP contribution in [0.15, 0.2) is 30.3 Å². The van der Waals surface area contributed by atoms with Gasteiger partial charge in [0.15, 0.2) is 5.78 Å². The fraction of sp³-hybridized carbons (Fsp3) is 0.524. The van der Waals surface area contributed by atoms with Gasteiger partial charge < -0.3 is 21.1 Å². The van der Waals surface area contributed by atoms with E-state index < -0.39 is 30.0 Å². The number of hydrogen-bond acceptors (Lipinski definition) is 5. The molecule has 0 bridgehead atoms. The van der Waals surface area contributed by atoms with Crippen molar-refractivity contribution in [2.75, 3.05) is 6.61 Å². The number of rotatable bonds is 9. The first kappa shape index (κ1) is 22.5. The maximum Gasteiger partial charge on any atom is 0.251 e. The molecule has 2 unspecified atom stereocenters. The van der Waals surface area contributed by atoms with E-state index in [0.717, 1.165) is 6.42 Å². The lowest BCUT2D eigenvalue weighted by Crippen LogP contribution is -2.54. The van der Waals surface area contributed by atoms with Crippen LogP contribution in [0.25, 0.3) is 0 Å². The summed E-state index contributed by atoms with van der Waals surface area (Å²) in [4.78, 5) is 48.9. The molecule has 0 spiro atoms. The monoisotopic (exact) mass is 403 g/mol. The molecule has 8 nitrogen and oxygen atoms in total. The predicted octanol–water partition coefficient (Wildman–Crippen LogP) is 0.939. The zero-order chi connectivity index (χ0) is 21.6. The summed E-state index contributed by atoms with van der Waals surface area (Å²) in [6.07, 6.45) is 0.218. The number of ketones is 1. The molecule has 3 amide bonds. The highest BCUT2D eigenvalue weighted by atomic mass is 16.5. The molecular weight excluding hydrogens is 374 g/mol. The Bertz CT molecular complexity index is 763. The van der Waals surface area contributed by atoms with Gasteiger partial charge in [-0.05, 0) is 24.0 Å². The summed E-state index contributed by atoms with van der Waals surface area (Å²) in [6, 6.07) is 6.78. The lowest BCUT2D eigenvalue weighted by molar-refractivity contribution is -0.128. The number of nitrogens with two attached hydrogens (primary N) is 1. The van der Waals surface area contributed by atoms with Crippen LogP contribution in [0.4, 0.5) is 0 Å². The Morgan fingerprint density at radius 3 is 2.48 bits per heavy atom. The van der Waals surface area contributed by atoms with E-state index in [1.807, 2.05) is 20.8 Å². The molecule has 4 N–H and O–H groups in total. The van der Waals surface area contributed by atoms with E-state index in [2.05, 4.69) is 10.6 Å². The van der Waals surface area contributed by atoms with Gasteiger partial charge in [0.2, 0.25) is 11.8 Å². The third-order valence-electron chi connectivity index (χ3n) is 5.23. The summed E-state index contributed by atoms with van der Waals surface area (Å²) in [6.45, 7) is 5.82. The molecule has 1 aliphatic heterocycles. The van der Waals surface area contributed by atoms with E-state index >= 15 is 0 Å². The largest absolute Gasteiger partial charge is 0.370 e. The first-order chi connectivity index (χ1) is 13.6. The molecule has 1 fully saturated rings. The van der Waals surface area contributed by atoms with Crippen LogP contribution in [0, 0.1) is 5.41 Å². The number of hydrogen-bond donors (Lipinski definition) is 3. The predicted molar refractivity (Wildman–Crippen MR) is 107 cm³/mol. The van der Waals surface area contributed by atoms with Gasteiger partial charge in [-0.2, -0.15) is 0 Å². The van der Waals surface area contributed by atoms with Crippen LogP contribution in [0.5, 0.6) is 0 Å². The first-order valence-corrected chi connectivity index (χ1v) is 9.72. The topological polar surface area (TPSA) is 128 Å². The number of nitrogens with one attached hydrogen (secondary N) is 2. The minimum atomic E-state index is -0.962. The van der Waals surface area contributed by atoms with E-state index in [0.29, 0.717) is 12.0 Å². The Morgan fingerprint density at radius 2 is 1.90 bits per heavy atom. The van der Waals surface area contributed by atoms with Gasteiger partial charge in [-0.3, -0.25) is 19.2 Å². The van der Waals surface area contributed by atoms with E-state index in [1.165, 1.54) is 0 Å². The molecule has 0 radical (unpaired) electrons. The number of ether oxygens (including phenoxy) is 1. The molecule has 1 aromatic carbocycles. The summed E-state index contributed by atoms with van der Waals surface area (Å²) in [5.74, 6) is -1.81. The Balaban J connectivity index is 2.16. The molecule has 3 atom stereocenters. The average Bonchev–Trinajstić information content (AvgIpc) is 3.00. The van der Waals surface area contributed by atoms with Gasteiger partial charge in [0.05, 0.1) is 12.5 Å². The van der Waals surface area contributed by atoms with Crippen molar-refractivity contribution >= 4 is 23.5 Å². The van der Waals surface area contributed by atoms with Gasteiger partial charge in [0.1, 0.15) is 18.7 Å². The molecule has 29 heavy (non-hydrogen) atoms. The Hall–Kier alpha value is -2.74. The van der Waals surface area contributed by atoms with Crippen LogP contribution in [0.3, 0.4) is 0 Å². The molecule has 8 heteroatoms. The van der Waals surface area contributed by atoms with Crippen LogP contribution >= 0.6 is 0 Å². The summed E-state index contributed by atoms with van der Waals surface area (Å²) >= 11 is 0. The normalized spacial score (nSPS) is 20.2. The molecule has 0 saturated carbocycles. The zero-order valence-corrected chi connectivity index (χ0v) is 17.1. The van der Waals surface area contributed by atoms with Crippen molar-refractivity contribution in [3.63, 3.8) is 0 Å². The highest BCUT2D eigenvalue weighted by Crippen LogP contribution is 2.27. The summed E-state index contributed by atoms with van der Waals surface area (Å²) < 4.78 is 5.29. The van der Waals surface area contributed by atoms with Gasteiger partial charge >= 0.3 is 0 Å². The minimum absolute atomic E-state index is 0.168. The molecular formula is C21H29N3O5. The zero-order valence-electron chi connectivity index (χ0n) is 17.1. The van der Waals surface area contributed by atoms with Crippen LogP contribution in [-0.2, 0) is 19.1 Å². The number of primary amides is 1. The SMILES string of the molecule is CCC(C)(C)C[C@H](NC(=O)c1ccccc1)C(=O)NC1C(=O)COC1CC(N)=O. The molecule has 1 aliphatic rings. The van der Waals surface area contributed by atoms with Crippen LogP contribution in [-0.4, -0.2) is 48.3 Å². The molecule has 2 rings (SSSR count).